The van der Waals surface area contributed by atoms with Crippen LogP contribution in [0.2, 0.25) is 0 Å². The van der Waals surface area contributed by atoms with Gasteiger partial charge in [-0.15, -0.1) is 0 Å². The molecule has 0 spiro atoms. The van der Waals surface area contributed by atoms with E-state index in [-0.39, 0.29) is 5.92 Å². The van der Waals surface area contributed by atoms with Crippen LogP contribution >= 0.6 is 0 Å². The lowest BCUT2D eigenvalue weighted by Crippen LogP contribution is -1.99. The molecule has 0 aliphatic carbocycles. The molecule has 0 N–H and O–H groups in total. The minimum absolute atomic E-state index is 0.226. The summed E-state index contributed by atoms with van der Waals surface area (Å²) in [4.78, 5) is 4.33. The van der Waals surface area contributed by atoms with Crippen LogP contribution in [0.1, 0.15) is 25.1 Å². The highest BCUT2D eigenvalue weighted by Gasteiger charge is 2.24. The second-order valence-electron chi connectivity index (χ2n) is 4.07. The van der Waals surface area contributed by atoms with Crippen LogP contribution in [0.25, 0.3) is 11.7 Å². The van der Waals surface area contributed by atoms with Gasteiger partial charge >= 0.3 is 0 Å². The van der Waals surface area contributed by atoms with Crippen LogP contribution in [0.5, 0.6) is 5.95 Å². The zero-order valence-corrected chi connectivity index (χ0v) is 10.1. The van der Waals surface area contributed by atoms with Gasteiger partial charge in [0.2, 0.25) is 0 Å². The molecule has 1 aliphatic heterocycles. The monoisotopic (exact) mass is 250 g/mol. The number of hydrogen-bond donors (Lipinski definition) is 0. The Bertz CT molecular complexity index is 514. The Hall–Kier alpha value is -1.82. The maximum absolute atomic E-state index is 5.44. The topological polar surface area (TPSA) is 70.5 Å². The van der Waals surface area contributed by atoms with Crippen LogP contribution < -0.4 is 4.74 Å². The average Bonchev–Trinajstić information content (AvgIpc) is 3.10. The third-order valence-electron chi connectivity index (χ3n) is 2.82. The Morgan fingerprint density at radius 2 is 2.39 bits per heavy atom. The lowest BCUT2D eigenvalue weighted by molar-refractivity contribution is 0.192. The van der Waals surface area contributed by atoms with Gasteiger partial charge in [0.25, 0.3) is 11.8 Å². The fourth-order valence-electron chi connectivity index (χ4n) is 1.89. The van der Waals surface area contributed by atoms with Gasteiger partial charge < -0.3 is 18.4 Å². The van der Waals surface area contributed by atoms with Crippen molar-refractivity contribution in [2.24, 2.45) is 0 Å². The minimum atomic E-state index is 0.226. The zero-order chi connectivity index (χ0) is 12.4. The van der Waals surface area contributed by atoms with Gasteiger partial charge in [-0.3, -0.25) is 0 Å². The van der Waals surface area contributed by atoms with E-state index in [2.05, 4.69) is 10.1 Å². The first-order chi connectivity index (χ1) is 8.86. The smallest absolute Gasteiger partial charge is 0.293 e. The van der Waals surface area contributed by atoms with Gasteiger partial charge in [0, 0.05) is 18.6 Å². The first-order valence-corrected chi connectivity index (χ1v) is 6.01. The molecule has 1 aliphatic rings. The van der Waals surface area contributed by atoms with Crippen LogP contribution in [0.3, 0.4) is 0 Å². The van der Waals surface area contributed by atoms with Crippen LogP contribution in [0.15, 0.2) is 21.1 Å². The second-order valence-corrected chi connectivity index (χ2v) is 4.07. The van der Waals surface area contributed by atoms with Gasteiger partial charge in [0.05, 0.1) is 13.2 Å². The highest BCUT2D eigenvalue weighted by molar-refractivity contribution is 5.45. The number of hydrogen-bond acceptors (Lipinski definition) is 6. The van der Waals surface area contributed by atoms with Gasteiger partial charge in [-0.25, -0.2) is 0 Å². The van der Waals surface area contributed by atoms with E-state index < -0.39 is 0 Å². The third kappa shape index (κ3) is 2.11. The van der Waals surface area contributed by atoms with Crippen molar-refractivity contribution in [2.75, 3.05) is 19.8 Å². The highest BCUT2D eigenvalue weighted by atomic mass is 16.6. The largest absolute Gasteiger partial charge is 0.465 e. The van der Waals surface area contributed by atoms with E-state index in [0.717, 1.165) is 13.0 Å². The summed E-state index contributed by atoms with van der Waals surface area (Å²) >= 11 is 0. The maximum atomic E-state index is 5.44. The fraction of sp³-hybridized carbons (Fsp3) is 0.500. The van der Waals surface area contributed by atoms with Crippen molar-refractivity contribution in [3.05, 3.63) is 18.0 Å². The van der Waals surface area contributed by atoms with E-state index in [1.54, 1.807) is 12.1 Å². The number of nitrogens with zero attached hydrogens (tertiary/aromatic N) is 2. The summed E-state index contributed by atoms with van der Waals surface area (Å²) in [5, 5.41) is 3.96. The molecule has 1 atom stereocenters. The molecule has 3 rings (SSSR count). The molecule has 96 valence electrons. The summed E-state index contributed by atoms with van der Waals surface area (Å²) in [6, 6.07) is 3.49. The lowest BCUT2D eigenvalue weighted by Gasteiger charge is -1.97. The first kappa shape index (κ1) is 11.3. The van der Waals surface area contributed by atoms with E-state index in [0.29, 0.717) is 36.6 Å². The predicted octanol–water partition coefficient (Wildman–Crippen LogP) is 2.23. The van der Waals surface area contributed by atoms with Crippen LogP contribution in [0, 0.1) is 0 Å². The van der Waals surface area contributed by atoms with Gasteiger partial charge in [-0.05, 0) is 19.4 Å². The molecule has 2 aromatic heterocycles. The molecule has 1 fully saturated rings. The standard InChI is InChI=1S/C12H14N2O4/c1-2-16-10-4-3-9(17-10)12-13-11(14-18-12)8-5-6-15-7-8/h3-4,8H,2,5-7H2,1H3/t8-/m0/s1. The van der Waals surface area contributed by atoms with Crippen LogP contribution in [-0.4, -0.2) is 30.0 Å². The van der Waals surface area contributed by atoms with Crippen molar-refractivity contribution in [3.63, 3.8) is 0 Å². The van der Waals surface area contributed by atoms with Crippen LogP contribution in [0.4, 0.5) is 0 Å². The molecule has 0 saturated carbocycles. The van der Waals surface area contributed by atoms with E-state index >= 15 is 0 Å². The Morgan fingerprint density at radius 1 is 1.44 bits per heavy atom. The van der Waals surface area contributed by atoms with Crippen molar-refractivity contribution in [2.45, 2.75) is 19.3 Å². The summed E-state index contributed by atoms with van der Waals surface area (Å²) < 4.78 is 21.2. The normalized spacial score (nSPS) is 19.3. The van der Waals surface area contributed by atoms with Gasteiger partial charge in [0.15, 0.2) is 11.6 Å². The molecule has 0 radical (unpaired) electrons. The Kier molecular flexibility index (Phi) is 3.02. The summed E-state index contributed by atoms with van der Waals surface area (Å²) in [6.07, 6.45) is 0.932. The first-order valence-electron chi connectivity index (χ1n) is 6.01. The number of rotatable bonds is 4. The number of furan rings is 1. The highest BCUT2D eigenvalue weighted by Crippen LogP contribution is 2.28. The predicted molar refractivity (Wildman–Crippen MR) is 61.3 cm³/mol. The molecule has 6 heteroatoms. The SMILES string of the molecule is CCOc1ccc(-c2nc([C@H]3CCOC3)no2)o1. The molecule has 1 saturated heterocycles. The Morgan fingerprint density at radius 3 is 3.17 bits per heavy atom. The van der Waals surface area contributed by atoms with Crippen molar-refractivity contribution >= 4 is 0 Å². The van der Waals surface area contributed by atoms with Gasteiger partial charge in [0.1, 0.15) is 0 Å². The summed E-state index contributed by atoms with van der Waals surface area (Å²) in [5.74, 6) is 2.26. The van der Waals surface area contributed by atoms with Crippen molar-refractivity contribution in [3.8, 4) is 17.6 Å². The Labute approximate surface area is 104 Å². The Balaban J connectivity index is 1.78. The number of aromatic nitrogens is 2. The molecular weight excluding hydrogens is 236 g/mol. The molecule has 0 amide bonds. The average molecular weight is 250 g/mol. The van der Waals surface area contributed by atoms with E-state index in [1.165, 1.54) is 0 Å². The summed E-state index contributed by atoms with van der Waals surface area (Å²) in [6.45, 7) is 3.86. The fourth-order valence-corrected chi connectivity index (χ4v) is 1.89. The third-order valence-corrected chi connectivity index (χ3v) is 2.82. The van der Waals surface area contributed by atoms with E-state index in [1.807, 2.05) is 6.92 Å². The molecule has 3 heterocycles. The van der Waals surface area contributed by atoms with Crippen LogP contribution in [-0.2, 0) is 4.74 Å². The van der Waals surface area contributed by atoms with E-state index in [4.69, 9.17) is 18.4 Å². The zero-order valence-electron chi connectivity index (χ0n) is 10.1. The molecule has 18 heavy (non-hydrogen) atoms. The quantitative estimate of drug-likeness (QED) is 0.828. The van der Waals surface area contributed by atoms with Crippen molar-refractivity contribution in [1.29, 1.82) is 0 Å². The van der Waals surface area contributed by atoms with Gasteiger partial charge in [-0.2, -0.15) is 4.98 Å². The molecule has 0 bridgehead atoms. The molecule has 0 unspecified atom stereocenters. The minimum Gasteiger partial charge on any atom is -0.465 e. The van der Waals surface area contributed by atoms with Gasteiger partial charge in [-0.1, -0.05) is 5.16 Å². The van der Waals surface area contributed by atoms with Crippen molar-refractivity contribution in [1.82, 2.24) is 10.1 Å². The summed E-state index contributed by atoms with van der Waals surface area (Å²) in [7, 11) is 0. The van der Waals surface area contributed by atoms with E-state index in [9.17, 15) is 0 Å². The lowest BCUT2D eigenvalue weighted by atomic mass is 10.1. The van der Waals surface area contributed by atoms with Crippen molar-refractivity contribution < 1.29 is 18.4 Å². The summed E-state index contributed by atoms with van der Waals surface area (Å²) in [5.41, 5.74) is 0. The molecular formula is C12H14N2O4. The molecule has 6 nitrogen and oxygen atoms in total. The maximum Gasteiger partial charge on any atom is 0.293 e. The molecule has 0 aromatic carbocycles. The second kappa shape index (κ2) is 4.81. The molecule has 2 aromatic rings. The number of ether oxygens (including phenoxy) is 2.